The van der Waals surface area contributed by atoms with E-state index in [2.05, 4.69) is 43.3 Å². The summed E-state index contributed by atoms with van der Waals surface area (Å²) < 4.78 is 2.23. The summed E-state index contributed by atoms with van der Waals surface area (Å²) in [4.78, 5) is 6.95. The highest BCUT2D eigenvalue weighted by Crippen LogP contribution is 2.27. The Morgan fingerprint density at radius 3 is 2.71 bits per heavy atom. The molecule has 76 valence electrons. The number of aryl methyl sites for hydroxylation is 1. The first-order valence-electron chi connectivity index (χ1n) is 4.98. The van der Waals surface area contributed by atoms with Crippen molar-refractivity contribution in [3.05, 3.63) is 23.0 Å². The van der Waals surface area contributed by atoms with Crippen molar-refractivity contribution < 1.29 is 0 Å². The minimum Gasteiger partial charge on any atom is -0.294 e. The van der Waals surface area contributed by atoms with Gasteiger partial charge in [0, 0.05) is 22.2 Å². The van der Waals surface area contributed by atoms with Crippen molar-refractivity contribution >= 4 is 16.3 Å². The molecule has 3 heteroatoms. The standard InChI is InChI=1S/C11H16N2S/c1-5-8-7-13-9(11(2,3)4)6-12-10(13)14-8/h6-7H,5H2,1-4H3. The van der Waals surface area contributed by atoms with E-state index in [1.165, 1.54) is 10.6 Å². The third-order valence-corrected chi connectivity index (χ3v) is 3.52. The largest absolute Gasteiger partial charge is 0.294 e. The molecule has 0 aliphatic heterocycles. The van der Waals surface area contributed by atoms with Crippen LogP contribution in [-0.4, -0.2) is 9.38 Å². The zero-order valence-corrected chi connectivity index (χ0v) is 9.98. The Morgan fingerprint density at radius 1 is 1.43 bits per heavy atom. The number of thiazole rings is 1. The summed E-state index contributed by atoms with van der Waals surface area (Å²) in [5.74, 6) is 0. The maximum absolute atomic E-state index is 4.44. The maximum Gasteiger partial charge on any atom is 0.194 e. The molecule has 2 rings (SSSR count). The second-order valence-electron chi connectivity index (χ2n) is 4.60. The number of hydrogen-bond donors (Lipinski definition) is 0. The van der Waals surface area contributed by atoms with Crippen LogP contribution >= 0.6 is 11.3 Å². The third kappa shape index (κ3) is 1.46. The van der Waals surface area contributed by atoms with Gasteiger partial charge in [-0.2, -0.15) is 0 Å². The number of nitrogens with zero attached hydrogens (tertiary/aromatic N) is 2. The first kappa shape index (κ1) is 9.71. The van der Waals surface area contributed by atoms with Gasteiger partial charge in [0.15, 0.2) is 4.96 Å². The Morgan fingerprint density at radius 2 is 2.14 bits per heavy atom. The SMILES string of the molecule is CCc1cn2c(C(C)(C)C)cnc2s1. The molecule has 0 saturated carbocycles. The molecule has 2 aromatic rings. The molecule has 2 nitrogen and oxygen atoms in total. The molecule has 2 heterocycles. The van der Waals surface area contributed by atoms with Gasteiger partial charge < -0.3 is 0 Å². The van der Waals surface area contributed by atoms with Crippen LogP contribution in [0, 0.1) is 0 Å². The van der Waals surface area contributed by atoms with Gasteiger partial charge in [-0.1, -0.05) is 27.7 Å². The molecule has 0 N–H and O–H groups in total. The Hall–Kier alpha value is -0.830. The molecule has 0 aromatic carbocycles. The van der Waals surface area contributed by atoms with E-state index in [0.29, 0.717) is 0 Å². The van der Waals surface area contributed by atoms with Crippen LogP contribution < -0.4 is 0 Å². The highest BCUT2D eigenvalue weighted by molar-refractivity contribution is 7.17. The Kier molecular flexibility index (Phi) is 2.14. The Bertz CT molecular complexity index is 445. The lowest BCUT2D eigenvalue weighted by Crippen LogP contribution is -2.13. The van der Waals surface area contributed by atoms with Crippen LogP contribution in [0.25, 0.3) is 4.96 Å². The average molecular weight is 208 g/mol. The first-order chi connectivity index (χ1) is 6.52. The van der Waals surface area contributed by atoms with E-state index in [-0.39, 0.29) is 5.41 Å². The van der Waals surface area contributed by atoms with Crippen LogP contribution in [0.5, 0.6) is 0 Å². The molecule has 0 spiro atoms. The van der Waals surface area contributed by atoms with E-state index in [4.69, 9.17) is 0 Å². The zero-order chi connectivity index (χ0) is 10.3. The van der Waals surface area contributed by atoms with Gasteiger partial charge in [0.25, 0.3) is 0 Å². The molecule has 0 amide bonds. The summed E-state index contributed by atoms with van der Waals surface area (Å²) in [6, 6.07) is 0. The van der Waals surface area contributed by atoms with Crippen molar-refractivity contribution in [2.24, 2.45) is 0 Å². The van der Waals surface area contributed by atoms with E-state index < -0.39 is 0 Å². The molecular formula is C11H16N2S. The van der Waals surface area contributed by atoms with E-state index in [9.17, 15) is 0 Å². The summed E-state index contributed by atoms with van der Waals surface area (Å²) in [7, 11) is 0. The number of imidazole rings is 1. The van der Waals surface area contributed by atoms with Crippen molar-refractivity contribution in [1.82, 2.24) is 9.38 Å². The highest BCUT2D eigenvalue weighted by Gasteiger charge is 2.19. The maximum atomic E-state index is 4.44. The van der Waals surface area contributed by atoms with E-state index in [1.54, 1.807) is 11.3 Å². The third-order valence-electron chi connectivity index (χ3n) is 2.38. The second kappa shape index (κ2) is 3.09. The Labute approximate surface area is 88.6 Å². The van der Waals surface area contributed by atoms with Crippen LogP contribution in [0.4, 0.5) is 0 Å². The van der Waals surface area contributed by atoms with Gasteiger partial charge in [0.05, 0.1) is 6.20 Å². The lowest BCUT2D eigenvalue weighted by Gasteiger charge is -2.16. The second-order valence-corrected chi connectivity index (χ2v) is 5.69. The van der Waals surface area contributed by atoms with Crippen molar-refractivity contribution in [2.75, 3.05) is 0 Å². The molecule has 0 fully saturated rings. The van der Waals surface area contributed by atoms with Crippen molar-refractivity contribution in [2.45, 2.75) is 39.5 Å². The van der Waals surface area contributed by atoms with E-state index in [0.717, 1.165) is 11.4 Å². The lowest BCUT2D eigenvalue weighted by atomic mass is 9.93. The number of aromatic nitrogens is 2. The summed E-state index contributed by atoms with van der Waals surface area (Å²) in [6.45, 7) is 8.85. The molecule has 14 heavy (non-hydrogen) atoms. The average Bonchev–Trinajstić information content (AvgIpc) is 2.57. The predicted molar refractivity (Wildman–Crippen MR) is 61.1 cm³/mol. The predicted octanol–water partition coefficient (Wildman–Crippen LogP) is 3.26. The van der Waals surface area contributed by atoms with Gasteiger partial charge in [0.1, 0.15) is 0 Å². The van der Waals surface area contributed by atoms with Crippen LogP contribution in [0.1, 0.15) is 38.3 Å². The van der Waals surface area contributed by atoms with Gasteiger partial charge in [0.2, 0.25) is 0 Å². The molecule has 0 bridgehead atoms. The van der Waals surface area contributed by atoms with Crippen molar-refractivity contribution in [3.63, 3.8) is 0 Å². The fraction of sp³-hybridized carbons (Fsp3) is 0.545. The fourth-order valence-electron chi connectivity index (χ4n) is 1.55. The van der Waals surface area contributed by atoms with Crippen LogP contribution in [-0.2, 0) is 11.8 Å². The minimum absolute atomic E-state index is 0.172. The molecule has 0 atom stereocenters. The van der Waals surface area contributed by atoms with Gasteiger partial charge >= 0.3 is 0 Å². The molecule has 2 aromatic heterocycles. The number of rotatable bonds is 1. The smallest absolute Gasteiger partial charge is 0.194 e. The topological polar surface area (TPSA) is 17.3 Å². The van der Waals surface area contributed by atoms with Crippen molar-refractivity contribution in [3.8, 4) is 0 Å². The van der Waals surface area contributed by atoms with E-state index >= 15 is 0 Å². The van der Waals surface area contributed by atoms with Crippen LogP contribution in [0.2, 0.25) is 0 Å². The number of fused-ring (bicyclic) bond motifs is 1. The van der Waals surface area contributed by atoms with Gasteiger partial charge in [-0.3, -0.25) is 4.40 Å². The van der Waals surface area contributed by atoms with Gasteiger partial charge in [-0.25, -0.2) is 4.98 Å². The monoisotopic (exact) mass is 208 g/mol. The van der Waals surface area contributed by atoms with Crippen molar-refractivity contribution in [1.29, 1.82) is 0 Å². The molecule has 0 saturated heterocycles. The Balaban J connectivity index is 2.61. The lowest BCUT2D eigenvalue weighted by molar-refractivity contribution is 0.564. The first-order valence-corrected chi connectivity index (χ1v) is 5.80. The fourth-order valence-corrected chi connectivity index (χ4v) is 2.44. The summed E-state index contributed by atoms with van der Waals surface area (Å²) in [5.41, 5.74) is 1.47. The quantitative estimate of drug-likeness (QED) is 0.703. The molecule has 0 unspecified atom stereocenters. The molecule has 0 aliphatic carbocycles. The van der Waals surface area contributed by atoms with Gasteiger partial charge in [-0.05, 0) is 6.42 Å². The normalized spacial score (nSPS) is 12.6. The van der Waals surface area contributed by atoms with Crippen LogP contribution in [0.15, 0.2) is 12.4 Å². The van der Waals surface area contributed by atoms with Gasteiger partial charge in [-0.15, -0.1) is 11.3 Å². The summed E-state index contributed by atoms with van der Waals surface area (Å²) in [6.07, 6.45) is 5.30. The molecular weight excluding hydrogens is 192 g/mol. The highest BCUT2D eigenvalue weighted by atomic mass is 32.1. The summed E-state index contributed by atoms with van der Waals surface area (Å²) >= 11 is 1.79. The number of hydrogen-bond acceptors (Lipinski definition) is 2. The molecule has 0 radical (unpaired) electrons. The molecule has 0 aliphatic rings. The summed E-state index contributed by atoms with van der Waals surface area (Å²) in [5, 5.41) is 0. The van der Waals surface area contributed by atoms with Crippen LogP contribution in [0.3, 0.4) is 0 Å². The zero-order valence-electron chi connectivity index (χ0n) is 9.16. The van der Waals surface area contributed by atoms with E-state index in [1.807, 2.05) is 6.20 Å². The minimum atomic E-state index is 0.172.